The third kappa shape index (κ3) is 3.75. The van der Waals surface area contributed by atoms with E-state index < -0.39 is 5.97 Å². The first-order valence-electron chi connectivity index (χ1n) is 8.76. The van der Waals surface area contributed by atoms with Crippen molar-refractivity contribution in [2.75, 3.05) is 0 Å². The fourth-order valence-corrected chi connectivity index (χ4v) is 3.17. The molecule has 26 heavy (non-hydrogen) atoms. The van der Waals surface area contributed by atoms with E-state index in [1.807, 2.05) is 78.9 Å². The smallest absolute Gasteiger partial charge is 0.336 e. The first kappa shape index (κ1) is 17.7. The van der Waals surface area contributed by atoms with E-state index in [-0.39, 0.29) is 5.92 Å². The first-order valence-corrected chi connectivity index (χ1v) is 8.76. The van der Waals surface area contributed by atoms with Crippen LogP contribution in [-0.4, -0.2) is 11.1 Å². The fraction of sp³-hybridized carbons (Fsp3) is 0.125. The van der Waals surface area contributed by atoms with Crippen molar-refractivity contribution in [3.63, 3.8) is 0 Å². The molecule has 0 radical (unpaired) electrons. The number of aliphatic carboxylic acids is 1. The molecule has 0 atom stereocenters. The second kappa shape index (κ2) is 7.83. The maximum Gasteiger partial charge on any atom is 0.336 e. The van der Waals surface area contributed by atoms with Gasteiger partial charge in [0.15, 0.2) is 0 Å². The second-order valence-electron chi connectivity index (χ2n) is 6.56. The predicted molar refractivity (Wildman–Crippen MR) is 108 cm³/mol. The zero-order valence-corrected chi connectivity index (χ0v) is 15.0. The molecule has 0 heterocycles. The lowest BCUT2D eigenvalue weighted by Crippen LogP contribution is -2.06. The summed E-state index contributed by atoms with van der Waals surface area (Å²) in [6.45, 7) is 4.19. The lowest BCUT2D eigenvalue weighted by Gasteiger charge is -2.18. The maximum atomic E-state index is 12.2. The minimum Gasteiger partial charge on any atom is -0.478 e. The topological polar surface area (TPSA) is 37.3 Å². The zero-order valence-electron chi connectivity index (χ0n) is 15.0. The van der Waals surface area contributed by atoms with E-state index in [4.69, 9.17) is 0 Å². The molecule has 1 N–H and O–H groups in total. The number of carboxylic acid groups (broad SMARTS) is 1. The van der Waals surface area contributed by atoms with Crippen LogP contribution >= 0.6 is 0 Å². The van der Waals surface area contributed by atoms with E-state index in [1.165, 1.54) is 0 Å². The summed E-state index contributed by atoms with van der Waals surface area (Å²) in [5.74, 6) is -0.702. The quantitative estimate of drug-likeness (QED) is 0.449. The average Bonchev–Trinajstić information content (AvgIpc) is 2.67. The summed E-state index contributed by atoms with van der Waals surface area (Å²) in [6.07, 6.45) is 1.76. The summed E-state index contributed by atoms with van der Waals surface area (Å²) < 4.78 is 0. The van der Waals surface area contributed by atoms with Crippen molar-refractivity contribution >= 4 is 17.6 Å². The molecule has 0 aliphatic rings. The summed E-state index contributed by atoms with van der Waals surface area (Å²) >= 11 is 0. The molecule has 0 saturated carbocycles. The highest BCUT2D eigenvalue weighted by atomic mass is 16.4. The van der Waals surface area contributed by atoms with Crippen molar-refractivity contribution in [2.45, 2.75) is 19.8 Å². The van der Waals surface area contributed by atoms with Gasteiger partial charge in [-0.3, -0.25) is 0 Å². The molecule has 3 aromatic rings. The van der Waals surface area contributed by atoms with Crippen LogP contribution in [0.4, 0.5) is 0 Å². The molecular weight excluding hydrogens is 320 g/mol. The normalized spacial score (nSPS) is 11.6. The van der Waals surface area contributed by atoms with Crippen LogP contribution in [0.5, 0.6) is 0 Å². The molecule has 0 aromatic heterocycles. The Bertz CT molecular complexity index is 923. The van der Waals surface area contributed by atoms with Gasteiger partial charge < -0.3 is 5.11 Å². The molecule has 0 fully saturated rings. The Morgan fingerprint density at radius 3 is 2.04 bits per heavy atom. The van der Waals surface area contributed by atoms with Gasteiger partial charge in [-0.25, -0.2) is 4.79 Å². The van der Waals surface area contributed by atoms with Gasteiger partial charge in [0, 0.05) is 5.56 Å². The number of carboxylic acids is 1. The van der Waals surface area contributed by atoms with Crippen LogP contribution in [0.25, 0.3) is 22.8 Å². The third-order valence-electron chi connectivity index (χ3n) is 4.41. The highest BCUT2D eigenvalue weighted by molar-refractivity contribution is 6.22. The van der Waals surface area contributed by atoms with Crippen molar-refractivity contribution in [1.29, 1.82) is 0 Å². The molecule has 0 bridgehead atoms. The molecule has 0 saturated heterocycles. The van der Waals surface area contributed by atoms with Crippen molar-refractivity contribution < 1.29 is 9.90 Å². The lowest BCUT2D eigenvalue weighted by molar-refractivity contribution is -0.130. The number of rotatable bonds is 5. The van der Waals surface area contributed by atoms with Crippen LogP contribution < -0.4 is 0 Å². The Kier molecular flexibility index (Phi) is 5.33. The summed E-state index contributed by atoms with van der Waals surface area (Å²) in [7, 11) is 0. The standard InChI is InChI=1S/C24H22O2/c1-17(2)20-14-9-15-21(19-12-7-4-8-13-19)23(20)22(24(25)26)16-18-10-5-3-6-11-18/h3-17H,1-2H3,(H,25,26)/b22-16+. The number of benzene rings is 3. The summed E-state index contributed by atoms with van der Waals surface area (Å²) in [6, 6.07) is 25.6. The molecule has 2 heteroatoms. The van der Waals surface area contributed by atoms with Crippen molar-refractivity contribution in [2.24, 2.45) is 0 Å². The van der Waals surface area contributed by atoms with E-state index in [0.29, 0.717) is 5.57 Å². The van der Waals surface area contributed by atoms with Gasteiger partial charge in [-0.1, -0.05) is 92.7 Å². The van der Waals surface area contributed by atoms with Gasteiger partial charge in [-0.05, 0) is 34.2 Å². The molecular formula is C24H22O2. The van der Waals surface area contributed by atoms with E-state index in [1.54, 1.807) is 6.08 Å². The number of carbonyl (C=O) groups is 1. The minimum atomic E-state index is -0.917. The van der Waals surface area contributed by atoms with Crippen LogP contribution in [-0.2, 0) is 4.79 Å². The van der Waals surface area contributed by atoms with Crippen molar-refractivity contribution in [3.8, 4) is 11.1 Å². The third-order valence-corrected chi connectivity index (χ3v) is 4.41. The summed E-state index contributed by atoms with van der Waals surface area (Å²) in [5.41, 5.74) is 4.99. The molecule has 0 spiro atoms. The van der Waals surface area contributed by atoms with Crippen molar-refractivity contribution in [3.05, 3.63) is 95.6 Å². The number of hydrogen-bond donors (Lipinski definition) is 1. The van der Waals surface area contributed by atoms with Crippen LogP contribution in [0.1, 0.15) is 36.5 Å². The summed E-state index contributed by atoms with van der Waals surface area (Å²) in [4.78, 5) is 12.2. The van der Waals surface area contributed by atoms with Crippen molar-refractivity contribution in [1.82, 2.24) is 0 Å². The minimum absolute atomic E-state index is 0.215. The molecule has 0 amide bonds. The van der Waals surface area contributed by atoms with Crippen LogP contribution in [0.15, 0.2) is 78.9 Å². The second-order valence-corrected chi connectivity index (χ2v) is 6.56. The Morgan fingerprint density at radius 2 is 1.46 bits per heavy atom. The monoisotopic (exact) mass is 342 g/mol. The highest BCUT2D eigenvalue weighted by Crippen LogP contribution is 2.36. The maximum absolute atomic E-state index is 12.2. The van der Waals surface area contributed by atoms with Gasteiger partial charge in [0.2, 0.25) is 0 Å². The molecule has 130 valence electrons. The molecule has 3 rings (SSSR count). The van der Waals surface area contributed by atoms with Crippen LogP contribution in [0.3, 0.4) is 0 Å². The largest absolute Gasteiger partial charge is 0.478 e. The molecule has 0 aliphatic carbocycles. The SMILES string of the molecule is CC(C)c1cccc(-c2ccccc2)c1/C(=C\c1ccccc1)C(=O)O. The van der Waals surface area contributed by atoms with E-state index in [2.05, 4.69) is 13.8 Å². The highest BCUT2D eigenvalue weighted by Gasteiger charge is 2.21. The van der Waals surface area contributed by atoms with E-state index in [0.717, 1.165) is 27.8 Å². The summed E-state index contributed by atoms with van der Waals surface area (Å²) in [5, 5.41) is 10.00. The first-order chi connectivity index (χ1) is 12.6. The molecule has 0 aliphatic heterocycles. The average molecular weight is 342 g/mol. The van der Waals surface area contributed by atoms with Gasteiger partial charge in [-0.2, -0.15) is 0 Å². The zero-order chi connectivity index (χ0) is 18.5. The Hall–Kier alpha value is -3.13. The van der Waals surface area contributed by atoms with Gasteiger partial charge in [0.1, 0.15) is 0 Å². The molecule has 3 aromatic carbocycles. The lowest BCUT2D eigenvalue weighted by atomic mass is 9.85. The Labute approximate surface area is 154 Å². The Morgan fingerprint density at radius 1 is 0.846 bits per heavy atom. The van der Waals surface area contributed by atoms with E-state index in [9.17, 15) is 9.90 Å². The molecule has 2 nitrogen and oxygen atoms in total. The van der Waals surface area contributed by atoms with Gasteiger partial charge in [0.25, 0.3) is 0 Å². The number of hydrogen-bond acceptors (Lipinski definition) is 1. The van der Waals surface area contributed by atoms with Gasteiger partial charge in [0.05, 0.1) is 5.57 Å². The van der Waals surface area contributed by atoms with Gasteiger partial charge in [-0.15, -0.1) is 0 Å². The predicted octanol–water partition coefficient (Wildman–Crippen LogP) is 6.10. The van der Waals surface area contributed by atoms with Crippen LogP contribution in [0, 0.1) is 0 Å². The van der Waals surface area contributed by atoms with Crippen LogP contribution in [0.2, 0.25) is 0 Å². The molecule has 0 unspecified atom stereocenters. The Balaban J connectivity index is 2.30. The van der Waals surface area contributed by atoms with Gasteiger partial charge >= 0.3 is 5.97 Å². The fourth-order valence-electron chi connectivity index (χ4n) is 3.17. The van der Waals surface area contributed by atoms with E-state index >= 15 is 0 Å².